The molecule has 0 fully saturated rings. The van der Waals surface area contributed by atoms with E-state index in [4.69, 9.17) is 5.11 Å². The highest BCUT2D eigenvalue weighted by atomic mass is 16.4. The molecule has 1 aromatic carbocycles. The molecule has 4 nitrogen and oxygen atoms in total. The molecule has 4 heteroatoms. The van der Waals surface area contributed by atoms with E-state index in [1.165, 1.54) is 23.1 Å². The summed E-state index contributed by atoms with van der Waals surface area (Å²) in [6.07, 6.45) is 8.02. The molecule has 0 aliphatic heterocycles. The molecule has 1 aromatic rings. The Morgan fingerprint density at radius 3 is 2.70 bits per heavy atom. The first-order valence-electron chi connectivity index (χ1n) is 7.93. The average molecular weight is 314 g/mol. The fourth-order valence-electron chi connectivity index (χ4n) is 2.83. The van der Waals surface area contributed by atoms with Gasteiger partial charge in [0.1, 0.15) is 12.2 Å². The summed E-state index contributed by atoms with van der Waals surface area (Å²) in [5, 5.41) is 18.3. The van der Waals surface area contributed by atoms with E-state index in [0.717, 1.165) is 19.3 Å². The van der Waals surface area contributed by atoms with Gasteiger partial charge in [-0.2, -0.15) is 0 Å². The molecule has 23 heavy (non-hydrogen) atoms. The molecule has 2 rings (SSSR count). The van der Waals surface area contributed by atoms with Crippen molar-refractivity contribution in [2.45, 2.75) is 44.6 Å². The maximum atomic E-state index is 11.3. The van der Waals surface area contributed by atoms with E-state index < -0.39 is 24.3 Å². The minimum absolute atomic E-state index is 0.164. The third kappa shape index (κ3) is 5.49. The molecule has 1 aliphatic rings. The number of ketones is 1. The fourth-order valence-corrected chi connectivity index (χ4v) is 2.83. The van der Waals surface area contributed by atoms with E-state index in [2.05, 4.69) is 18.2 Å². The standard InChI is InChI=1S/C19H22O4/c20-16(12-17(21)13-19(22)23)10-5-9-15-7-2-1-6-14-8-3-4-11-18(14)15/h3-5,8-11,16,20H,1-2,6-7,12-13H2,(H,22,23). The van der Waals surface area contributed by atoms with Crippen molar-refractivity contribution in [3.05, 3.63) is 53.6 Å². The smallest absolute Gasteiger partial charge is 0.310 e. The molecule has 1 aliphatic carbocycles. The van der Waals surface area contributed by atoms with Gasteiger partial charge in [-0.25, -0.2) is 0 Å². The van der Waals surface area contributed by atoms with Gasteiger partial charge in [-0.15, -0.1) is 0 Å². The van der Waals surface area contributed by atoms with Crippen molar-refractivity contribution < 1.29 is 19.8 Å². The summed E-state index contributed by atoms with van der Waals surface area (Å²) in [6, 6.07) is 8.35. The highest BCUT2D eigenvalue weighted by molar-refractivity contribution is 5.94. The zero-order chi connectivity index (χ0) is 16.7. The second-order valence-corrected chi connectivity index (χ2v) is 5.82. The monoisotopic (exact) mass is 314 g/mol. The summed E-state index contributed by atoms with van der Waals surface area (Å²) in [7, 11) is 0. The number of aryl methyl sites for hydroxylation is 1. The summed E-state index contributed by atoms with van der Waals surface area (Å²) in [6.45, 7) is 0. The van der Waals surface area contributed by atoms with Gasteiger partial charge in [-0.3, -0.25) is 9.59 Å². The first-order valence-corrected chi connectivity index (χ1v) is 7.93. The number of carbonyl (C=O) groups excluding carboxylic acids is 1. The second kappa shape index (κ2) is 8.44. The number of carbonyl (C=O) groups is 2. The highest BCUT2D eigenvalue weighted by Gasteiger charge is 2.12. The lowest BCUT2D eigenvalue weighted by Gasteiger charge is -2.08. The Hall–Kier alpha value is -2.20. The van der Waals surface area contributed by atoms with E-state index >= 15 is 0 Å². The quantitative estimate of drug-likeness (QED) is 0.625. The average Bonchev–Trinajstić information content (AvgIpc) is 2.69. The van der Waals surface area contributed by atoms with Crippen molar-refractivity contribution in [3.8, 4) is 0 Å². The number of benzene rings is 1. The molecular weight excluding hydrogens is 292 g/mol. The van der Waals surface area contributed by atoms with Crippen LogP contribution >= 0.6 is 0 Å². The first-order chi connectivity index (χ1) is 11.1. The van der Waals surface area contributed by atoms with Crippen LogP contribution in [0.2, 0.25) is 0 Å². The Labute approximate surface area is 136 Å². The van der Waals surface area contributed by atoms with E-state index in [-0.39, 0.29) is 6.42 Å². The largest absolute Gasteiger partial charge is 0.481 e. The number of aliphatic hydroxyl groups is 1. The fraction of sp³-hybridized carbons (Fsp3) is 0.368. The van der Waals surface area contributed by atoms with E-state index in [9.17, 15) is 14.7 Å². The summed E-state index contributed by atoms with van der Waals surface area (Å²) in [5.74, 6) is -1.63. The SMILES string of the molecule is O=C(O)CC(=O)CC(O)C=CC=C1CCCCc2ccccc21. The van der Waals surface area contributed by atoms with Crippen molar-refractivity contribution >= 4 is 17.3 Å². The lowest BCUT2D eigenvalue weighted by Crippen LogP contribution is -2.14. The van der Waals surface area contributed by atoms with Crippen LogP contribution in [-0.4, -0.2) is 28.1 Å². The predicted octanol–water partition coefficient (Wildman–Crippen LogP) is 3.15. The zero-order valence-electron chi connectivity index (χ0n) is 13.1. The lowest BCUT2D eigenvalue weighted by molar-refractivity contribution is -0.140. The van der Waals surface area contributed by atoms with Crippen molar-refractivity contribution in [2.75, 3.05) is 0 Å². The molecule has 2 N–H and O–H groups in total. The molecule has 122 valence electrons. The molecule has 0 spiro atoms. The Morgan fingerprint density at radius 1 is 1.17 bits per heavy atom. The Bertz CT molecular complexity index is 628. The summed E-state index contributed by atoms with van der Waals surface area (Å²) < 4.78 is 0. The zero-order valence-corrected chi connectivity index (χ0v) is 13.1. The number of Topliss-reactive ketones (excluding diaryl/α,β-unsaturated/α-hetero) is 1. The van der Waals surface area contributed by atoms with Crippen LogP contribution < -0.4 is 0 Å². The third-order valence-corrected chi connectivity index (χ3v) is 3.92. The van der Waals surface area contributed by atoms with Gasteiger partial charge in [-0.1, -0.05) is 42.5 Å². The Morgan fingerprint density at radius 2 is 1.91 bits per heavy atom. The number of allylic oxidation sites excluding steroid dienone is 3. The number of rotatable bonds is 6. The maximum Gasteiger partial charge on any atom is 0.310 e. The molecule has 0 saturated carbocycles. The van der Waals surface area contributed by atoms with E-state index in [1.54, 1.807) is 12.2 Å². The van der Waals surface area contributed by atoms with E-state index in [0.29, 0.717) is 0 Å². The third-order valence-electron chi connectivity index (χ3n) is 3.92. The second-order valence-electron chi connectivity index (χ2n) is 5.82. The molecule has 0 aromatic heterocycles. The van der Waals surface area contributed by atoms with Gasteiger partial charge >= 0.3 is 5.97 Å². The van der Waals surface area contributed by atoms with Gasteiger partial charge in [0.2, 0.25) is 0 Å². The Balaban J connectivity index is 2.01. The number of aliphatic carboxylic acids is 1. The first kappa shape index (κ1) is 17.2. The molecule has 0 radical (unpaired) electrons. The van der Waals surface area contributed by atoms with E-state index in [1.807, 2.05) is 12.1 Å². The van der Waals surface area contributed by atoms with Gasteiger partial charge in [0.15, 0.2) is 0 Å². The summed E-state index contributed by atoms with van der Waals surface area (Å²) >= 11 is 0. The van der Waals surface area contributed by atoms with Gasteiger partial charge < -0.3 is 10.2 Å². The van der Waals surface area contributed by atoms with Crippen LogP contribution in [0, 0.1) is 0 Å². The molecular formula is C19H22O4. The number of aliphatic hydroxyl groups excluding tert-OH is 1. The van der Waals surface area contributed by atoms with Crippen LogP contribution in [0.3, 0.4) is 0 Å². The number of fused-ring (bicyclic) bond motifs is 1. The molecule has 0 bridgehead atoms. The Kier molecular flexibility index (Phi) is 6.29. The number of carboxylic acids is 1. The number of hydrogen-bond acceptors (Lipinski definition) is 3. The minimum atomic E-state index is -1.16. The molecule has 0 amide bonds. The molecule has 0 saturated heterocycles. The molecule has 1 unspecified atom stereocenters. The van der Waals surface area contributed by atoms with Gasteiger partial charge in [0.05, 0.1) is 6.10 Å². The lowest BCUT2D eigenvalue weighted by atomic mass is 9.98. The van der Waals surface area contributed by atoms with Crippen molar-refractivity contribution in [1.29, 1.82) is 0 Å². The summed E-state index contributed by atoms with van der Waals surface area (Å²) in [5.41, 5.74) is 3.84. The minimum Gasteiger partial charge on any atom is -0.481 e. The topological polar surface area (TPSA) is 74.6 Å². The van der Waals surface area contributed by atoms with Gasteiger partial charge in [0, 0.05) is 6.42 Å². The highest BCUT2D eigenvalue weighted by Crippen LogP contribution is 2.29. The van der Waals surface area contributed by atoms with Crippen LogP contribution in [0.1, 0.15) is 43.2 Å². The molecule has 1 atom stereocenters. The van der Waals surface area contributed by atoms with Crippen LogP contribution in [0.4, 0.5) is 0 Å². The number of carboxylic acid groups (broad SMARTS) is 1. The van der Waals surface area contributed by atoms with Crippen LogP contribution in [-0.2, 0) is 16.0 Å². The van der Waals surface area contributed by atoms with Gasteiger partial charge in [-0.05, 0) is 42.4 Å². The number of hydrogen-bond donors (Lipinski definition) is 2. The maximum absolute atomic E-state index is 11.3. The van der Waals surface area contributed by atoms with Crippen molar-refractivity contribution in [3.63, 3.8) is 0 Å². The van der Waals surface area contributed by atoms with Crippen LogP contribution in [0.25, 0.3) is 5.57 Å². The van der Waals surface area contributed by atoms with Crippen LogP contribution in [0.15, 0.2) is 42.5 Å². The molecule has 0 heterocycles. The van der Waals surface area contributed by atoms with Crippen molar-refractivity contribution in [2.24, 2.45) is 0 Å². The predicted molar refractivity (Wildman–Crippen MR) is 89.0 cm³/mol. The van der Waals surface area contributed by atoms with Crippen LogP contribution in [0.5, 0.6) is 0 Å². The van der Waals surface area contributed by atoms with Crippen molar-refractivity contribution in [1.82, 2.24) is 0 Å². The summed E-state index contributed by atoms with van der Waals surface area (Å²) in [4.78, 5) is 21.8. The van der Waals surface area contributed by atoms with Gasteiger partial charge in [0.25, 0.3) is 0 Å². The normalized spacial score (nSPS) is 17.7.